The Hall–Kier alpha value is -4.14. The summed E-state index contributed by atoms with van der Waals surface area (Å²) in [5.74, 6) is 1.50. The van der Waals surface area contributed by atoms with Crippen molar-refractivity contribution in [2.45, 2.75) is 45.6 Å². The smallest absolute Gasteiger partial charge is 0.256 e. The van der Waals surface area contributed by atoms with Gasteiger partial charge in [0, 0.05) is 17.2 Å². The largest absolute Gasteiger partial charge is 0.491 e. The Morgan fingerprint density at radius 1 is 1.18 bits per heavy atom. The number of nitrogens with one attached hydrogen (secondary N) is 2. The lowest BCUT2D eigenvalue weighted by Gasteiger charge is -2.15. The van der Waals surface area contributed by atoms with Gasteiger partial charge in [0.1, 0.15) is 17.3 Å². The summed E-state index contributed by atoms with van der Waals surface area (Å²) in [7, 11) is 0. The van der Waals surface area contributed by atoms with Gasteiger partial charge in [0.05, 0.1) is 18.1 Å². The third-order valence-corrected chi connectivity index (χ3v) is 5.59. The molecule has 1 aliphatic carbocycles. The maximum Gasteiger partial charge on any atom is 0.256 e. The molecule has 0 atom stereocenters. The highest BCUT2D eigenvalue weighted by Crippen LogP contribution is 2.25. The minimum atomic E-state index is -0.330. The van der Waals surface area contributed by atoms with Gasteiger partial charge in [-0.05, 0) is 75.9 Å². The average molecular weight is 460 g/mol. The van der Waals surface area contributed by atoms with Gasteiger partial charge in [-0.2, -0.15) is 9.78 Å². The summed E-state index contributed by atoms with van der Waals surface area (Å²) in [6.07, 6.45) is 5.01. The van der Waals surface area contributed by atoms with Gasteiger partial charge in [0.15, 0.2) is 5.76 Å². The molecule has 34 heavy (non-hydrogen) atoms. The summed E-state index contributed by atoms with van der Waals surface area (Å²) < 4.78 is 12.6. The maximum atomic E-state index is 13.0. The van der Waals surface area contributed by atoms with Crippen molar-refractivity contribution < 1.29 is 13.9 Å². The van der Waals surface area contributed by atoms with E-state index in [4.69, 9.17) is 9.15 Å². The van der Waals surface area contributed by atoms with Gasteiger partial charge in [-0.1, -0.05) is 0 Å². The Bertz CT molecular complexity index is 1370. The summed E-state index contributed by atoms with van der Waals surface area (Å²) in [4.78, 5) is 33.2. The molecule has 1 amide bonds. The van der Waals surface area contributed by atoms with Crippen LogP contribution in [-0.2, 0) is 12.8 Å². The van der Waals surface area contributed by atoms with E-state index in [0.29, 0.717) is 28.6 Å². The third kappa shape index (κ3) is 4.36. The average Bonchev–Trinajstić information content (AvgIpc) is 3.49. The second kappa shape index (κ2) is 9.01. The Kier molecular flexibility index (Phi) is 5.75. The molecular formula is C25H25N5O4. The summed E-state index contributed by atoms with van der Waals surface area (Å²) >= 11 is 0. The maximum absolute atomic E-state index is 13.0. The number of fused-ring (bicyclic) bond motifs is 1. The number of H-pyrrole nitrogens is 1. The summed E-state index contributed by atoms with van der Waals surface area (Å²) in [6.45, 7) is 3.88. The van der Waals surface area contributed by atoms with E-state index in [2.05, 4.69) is 20.4 Å². The molecule has 174 valence electrons. The van der Waals surface area contributed by atoms with Crippen LogP contribution in [0.3, 0.4) is 0 Å². The molecule has 2 N–H and O–H groups in total. The van der Waals surface area contributed by atoms with Crippen LogP contribution in [-0.4, -0.2) is 31.8 Å². The van der Waals surface area contributed by atoms with Gasteiger partial charge in [0.2, 0.25) is 5.95 Å². The number of rotatable bonds is 6. The van der Waals surface area contributed by atoms with Crippen LogP contribution in [0.5, 0.6) is 5.75 Å². The van der Waals surface area contributed by atoms with Crippen molar-refractivity contribution in [1.29, 1.82) is 0 Å². The second-order valence-electron chi connectivity index (χ2n) is 8.47. The van der Waals surface area contributed by atoms with Crippen molar-refractivity contribution in [3.05, 3.63) is 75.9 Å². The van der Waals surface area contributed by atoms with Gasteiger partial charge in [-0.3, -0.25) is 14.6 Å². The first-order chi connectivity index (χ1) is 16.5. The molecule has 4 aromatic rings. The molecule has 1 aromatic carbocycles. The molecule has 0 aliphatic heterocycles. The van der Waals surface area contributed by atoms with Crippen LogP contribution >= 0.6 is 0 Å². The fraction of sp³-hybridized carbons (Fsp3) is 0.280. The van der Waals surface area contributed by atoms with Gasteiger partial charge in [-0.25, -0.2) is 4.98 Å². The molecule has 0 saturated carbocycles. The molecule has 0 radical (unpaired) electrons. The molecule has 0 unspecified atom stereocenters. The molecule has 3 heterocycles. The van der Waals surface area contributed by atoms with Crippen LogP contribution in [0, 0.1) is 0 Å². The molecule has 3 aromatic heterocycles. The van der Waals surface area contributed by atoms with Gasteiger partial charge >= 0.3 is 0 Å². The van der Waals surface area contributed by atoms with Crippen LogP contribution < -0.4 is 15.6 Å². The van der Waals surface area contributed by atoms with E-state index in [9.17, 15) is 9.59 Å². The van der Waals surface area contributed by atoms with E-state index in [1.54, 1.807) is 48.7 Å². The molecule has 1 aliphatic rings. The lowest BCUT2D eigenvalue weighted by Crippen LogP contribution is -2.24. The zero-order chi connectivity index (χ0) is 23.7. The van der Waals surface area contributed by atoms with E-state index >= 15 is 0 Å². The standard InChI is InChI=1S/C25H25N5O4/c1-15(2)34-17-11-9-16(10-12-17)23(31)27-22-14-20(21-8-5-13-33-21)29-30(22)25-26-19-7-4-3-6-18(19)24(32)28-25/h5,8-15H,3-4,6-7H2,1-2H3,(H,27,31)(H,26,28,32). The van der Waals surface area contributed by atoms with Gasteiger partial charge < -0.3 is 14.5 Å². The first kappa shape index (κ1) is 21.7. The Morgan fingerprint density at radius 3 is 2.71 bits per heavy atom. The predicted molar refractivity (Wildman–Crippen MR) is 126 cm³/mol. The SMILES string of the molecule is CC(C)Oc1ccc(C(=O)Nc2cc(-c3ccco3)nn2-c2nc3c(c(=O)[nH]2)CCCC3)cc1. The van der Waals surface area contributed by atoms with Crippen molar-refractivity contribution >= 4 is 11.7 Å². The Morgan fingerprint density at radius 2 is 1.97 bits per heavy atom. The molecule has 0 bridgehead atoms. The summed E-state index contributed by atoms with van der Waals surface area (Å²) in [5, 5.41) is 7.45. The monoisotopic (exact) mass is 459 g/mol. The molecular weight excluding hydrogens is 434 g/mol. The topological polar surface area (TPSA) is 115 Å². The van der Waals surface area contributed by atoms with Crippen LogP contribution in [0.1, 0.15) is 48.3 Å². The quantitative estimate of drug-likeness (QED) is 0.448. The number of hydrogen-bond donors (Lipinski definition) is 2. The first-order valence-corrected chi connectivity index (χ1v) is 11.3. The van der Waals surface area contributed by atoms with E-state index in [1.807, 2.05) is 13.8 Å². The zero-order valence-electron chi connectivity index (χ0n) is 19.0. The van der Waals surface area contributed by atoms with Crippen molar-refractivity contribution in [2.24, 2.45) is 0 Å². The van der Waals surface area contributed by atoms with Gasteiger partial charge in [0.25, 0.3) is 11.5 Å². The molecule has 0 fully saturated rings. The number of amides is 1. The minimum Gasteiger partial charge on any atom is -0.491 e. The number of carbonyl (C=O) groups is 1. The van der Waals surface area contributed by atoms with Crippen LogP contribution in [0.25, 0.3) is 17.4 Å². The number of ether oxygens (including phenoxy) is 1. The fourth-order valence-corrected chi connectivity index (χ4v) is 4.01. The molecule has 0 spiro atoms. The zero-order valence-corrected chi connectivity index (χ0v) is 19.0. The predicted octanol–water partition coefficient (Wildman–Crippen LogP) is 4.13. The normalized spacial score (nSPS) is 13.0. The van der Waals surface area contributed by atoms with Crippen molar-refractivity contribution in [1.82, 2.24) is 19.7 Å². The van der Waals surface area contributed by atoms with E-state index in [-0.39, 0.29) is 23.5 Å². The third-order valence-electron chi connectivity index (χ3n) is 5.59. The Balaban J connectivity index is 1.50. The molecule has 5 rings (SSSR count). The van der Waals surface area contributed by atoms with Crippen LogP contribution in [0.4, 0.5) is 5.82 Å². The van der Waals surface area contributed by atoms with Crippen LogP contribution in [0.2, 0.25) is 0 Å². The highest BCUT2D eigenvalue weighted by molar-refractivity contribution is 6.04. The molecule has 9 heteroatoms. The number of aromatic nitrogens is 4. The molecule has 0 saturated heterocycles. The first-order valence-electron chi connectivity index (χ1n) is 11.3. The van der Waals surface area contributed by atoms with Crippen LogP contribution in [0.15, 0.2) is 57.9 Å². The van der Waals surface area contributed by atoms with Crippen molar-refractivity contribution in [2.75, 3.05) is 5.32 Å². The van der Waals surface area contributed by atoms with Crippen molar-refractivity contribution in [3.8, 4) is 23.2 Å². The van der Waals surface area contributed by atoms with E-state index in [1.165, 1.54) is 4.68 Å². The van der Waals surface area contributed by atoms with Gasteiger partial charge in [-0.15, -0.1) is 0 Å². The highest BCUT2D eigenvalue weighted by Gasteiger charge is 2.21. The molecule has 9 nitrogen and oxygen atoms in total. The number of aryl methyl sites for hydroxylation is 1. The second-order valence-corrected chi connectivity index (χ2v) is 8.47. The number of furan rings is 1. The lowest BCUT2D eigenvalue weighted by atomic mass is 9.97. The summed E-state index contributed by atoms with van der Waals surface area (Å²) in [6, 6.07) is 12.1. The fourth-order valence-electron chi connectivity index (χ4n) is 4.01. The lowest BCUT2D eigenvalue weighted by molar-refractivity contribution is 0.102. The Labute approximate surface area is 195 Å². The minimum absolute atomic E-state index is 0.0420. The number of benzene rings is 1. The van der Waals surface area contributed by atoms with Crippen molar-refractivity contribution in [3.63, 3.8) is 0 Å². The number of anilines is 1. The highest BCUT2D eigenvalue weighted by atomic mass is 16.5. The number of aromatic amines is 1. The number of hydrogen-bond acceptors (Lipinski definition) is 6. The number of nitrogens with zero attached hydrogens (tertiary/aromatic N) is 3. The summed E-state index contributed by atoms with van der Waals surface area (Å²) in [5.41, 5.74) is 2.28. The van der Waals surface area contributed by atoms with E-state index in [0.717, 1.165) is 36.9 Å². The van der Waals surface area contributed by atoms with E-state index < -0.39 is 0 Å². The number of carbonyl (C=O) groups excluding carboxylic acids is 1.